The third kappa shape index (κ3) is 2.49. The van der Waals surface area contributed by atoms with E-state index >= 15 is 0 Å². The standard InChI is InChI=1S/C7H11Br3/c8-5-3-1-2-4-6(9)7(5)10/h5-7H,1-4H2. The van der Waals surface area contributed by atoms with Crippen molar-refractivity contribution in [2.75, 3.05) is 0 Å². The predicted molar refractivity (Wildman–Crippen MR) is 56.6 cm³/mol. The van der Waals surface area contributed by atoms with E-state index in [0.29, 0.717) is 14.5 Å². The van der Waals surface area contributed by atoms with E-state index in [4.69, 9.17) is 0 Å². The summed E-state index contributed by atoms with van der Waals surface area (Å²) in [6.45, 7) is 0. The Labute approximate surface area is 87.5 Å². The maximum Gasteiger partial charge on any atom is 0.0396 e. The van der Waals surface area contributed by atoms with Gasteiger partial charge in [-0.1, -0.05) is 60.6 Å². The van der Waals surface area contributed by atoms with Crippen LogP contribution >= 0.6 is 47.8 Å². The van der Waals surface area contributed by atoms with Crippen molar-refractivity contribution in [3.8, 4) is 0 Å². The highest BCUT2D eigenvalue weighted by molar-refractivity contribution is 9.13. The monoisotopic (exact) mass is 332 g/mol. The molecule has 2 atom stereocenters. The van der Waals surface area contributed by atoms with Crippen LogP contribution in [-0.4, -0.2) is 14.5 Å². The largest absolute Gasteiger partial charge is 0.0878 e. The molecule has 1 fully saturated rings. The van der Waals surface area contributed by atoms with Crippen molar-refractivity contribution in [1.82, 2.24) is 0 Å². The lowest BCUT2D eigenvalue weighted by molar-refractivity contribution is 0.713. The SMILES string of the molecule is BrC1CCCCC(Br)C1Br. The van der Waals surface area contributed by atoms with Crippen molar-refractivity contribution in [3.05, 3.63) is 0 Å². The molecule has 10 heavy (non-hydrogen) atoms. The molecule has 0 aromatic carbocycles. The maximum atomic E-state index is 3.68. The lowest BCUT2D eigenvalue weighted by Gasteiger charge is -2.17. The fourth-order valence-electron chi connectivity index (χ4n) is 1.22. The normalized spacial score (nSPS) is 42.9. The van der Waals surface area contributed by atoms with Crippen LogP contribution in [0.3, 0.4) is 0 Å². The summed E-state index contributed by atoms with van der Waals surface area (Å²) in [7, 11) is 0. The minimum atomic E-state index is 0.606. The van der Waals surface area contributed by atoms with E-state index in [2.05, 4.69) is 47.8 Å². The number of halogens is 3. The zero-order valence-corrected chi connectivity index (χ0v) is 10.5. The second-order valence-corrected chi connectivity index (χ2v) is 6.17. The van der Waals surface area contributed by atoms with Crippen LogP contribution in [0.2, 0.25) is 0 Å². The van der Waals surface area contributed by atoms with Crippen molar-refractivity contribution in [1.29, 1.82) is 0 Å². The first kappa shape index (κ1) is 9.53. The predicted octanol–water partition coefficient (Wildman–Crippen LogP) is 3.85. The zero-order chi connectivity index (χ0) is 7.56. The van der Waals surface area contributed by atoms with Gasteiger partial charge in [-0.05, 0) is 12.8 Å². The van der Waals surface area contributed by atoms with Gasteiger partial charge in [0, 0.05) is 14.5 Å². The van der Waals surface area contributed by atoms with E-state index in [1.54, 1.807) is 0 Å². The highest BCUT2D eigenvalue weighted by atomic mass is 79.9. The minimum absolute atomic E-state index is 0.606. The van der Waals surface area contributed by atoms with Gasteiger partial charge in [-0.3, -0.25) is 0 Å². The Bertz CT molecular complexity index is 93.0. The van der Waals surface area contributed by atoms with Crippen LogP contribution in [0.4, 0.5) is 0 Å². The Morgan fingerprint density at radius 2 is 1.20 bits per heavy atom. The highest BCUT2D eigenvalue weighted by Gasteiger charge is 2.25. The van der Waals surface area contributed by atoms with E-state index in [1.807, 2.05) is 0 Å². The van der Waals surface area contributed by atoms with Crippen molar-refractivity contribution in [2.45, 2.75) is 40.2 Å². The Morgan fingerprint density at radius 3 is 1.60 bits per heavy atom. The maximum absolute atomic E-state index is 3.68. The molecule has 0 bridgehead atoms. The first-order valence-corrected chi connectivity index (χ1v) is 6.38. The van der Waals surface area contributed by atoms with E-state index in [0.717, 1.165) is 0 Å². The van der Waals surface area contributed by atoms with E-state index in [-0.39, 0.29) is 0 Å². The summed E-state index contributed by atoms with van der Waals surface area (Å²) in [5.41, 5.74) is 0. The van der Waals surface area contributed by atoms with Gasteiger partial charge in [0.05, 0.1) is 0 Å². The van der Waals surface area contributed by atoms with Crippen molar-refractivity contribution >= 4 is 47.8 Å². The molecule has 0 aliphatic heterocycles. The molecule has 1 saturated carbocycles. The molecule has 0 aromatic rings. The van der Waals surface area contributed by atoms with Gasteiger partial charge in [0.15, 0.2) is 0 Å². The number of hydrogen-bond donors (Lipinski definition) is 0. The van der Waals surface area contributed by atoms with Gasteiger partial charge >= 0.3 is 0 Å². The molecule has 0 saturated heterocycles. The molecule has 1 aliphatic rings. The molecule has 1 rings (SSSR count). The summed E-state index contributed by atoms with van der Waals surface area (Å²) in [6, 6.07) is 0. The molecule has 1 aliphatic carbocycles. The molecule has 2 unspecified atom stereocenters. The average Bonchev–Trinajstić information content (AvgIpc) is 2.04. The zero-order valence-electron chi connectivity index (χ0n) is 5.69. The van der Waals surface area contributed by atoms with Gasteiger partial charge in [-0.25, -0.2) is 0 Å². The van der Waals surface area contributed by atoms with Crippen molar-refractivity contribution < 1.29 is 0 Å². The summed E-state index contributed by atoms with van der Waals surface area (Å²) < 4.78 is 0. The average molecular weight is 335 g/mol. The van der Waals surface area contributed by atoms with Gasteiger partial charge < -0.3 is 0 Å². The van der Waals surface area contributed by atoms with Gasteiger partial charge in [-0.2, -0.15) is 0 Å². The molecular formula is C7H11Br3. The fourth-order valence-corrected chi connectivity index (χ4v) is 3.55. The molecule has 0 nitrogen and oxygen atoms in total. The molecule has 0 heterocycles. The van der Waals surface area contributed by atoms with Crippen LogP contribution in [-0.2, 0) is 0 Å². The Morgan fingerprint density at radius 1 is 0.800 bits per heavy atom. The van der Waals surface area contributed by atoms with Gasteiger partial charge in [0.25, 0.3) is 0 Å². The summed E-state index contributed by atoms with van der Waals surface area (Å²) in [4.78, 5) is 1.91. The fraction of sp³-hybridized carbons (Fsp3) is 1.00. The quantitative estimate of drug-likeness (QED) is 0.466. The Kier molecular flexibility index (Phi) is 4.25. The molecule has 0 spiro atoms. The lowest BCUT2D eigenvalue weighted by atomic mass is 10.2. The van der Waals surface area contributed by atoms with Crippen LogP contribution in [0.5, 0.6) is 0 Å². The van der Waals surface area contributed by atoms with Crippen LogP contribution in [0.15, 0.2) is 0 Å². The van der Waals surface area contributed by atoms with Crippen LogP contribution < -0.4 is 0 Å². The molecular weight excluding hydrogens is 324 g/mol. The summed E-state index contributed by atoms with van der Waals surface area (Å²) in [5.74, 6) is 0. The number of hydrogen-bond acceptors (Lipinski definition) is 0. The Balaban J connectivity index is 2.46. The number of alkyl halides is 3. The first-order chi connectivity index (χ1) is 4.72. The highest BCUT2D eigenvalue weighted by Crippen LogP contribution is 2.32. The van der Waals surface area contributed by atoms with Crippen molar-refractivity contribution in [3.63, 3.8) is 0 Å². The second kappa shape index (κ2) is 4.46. The van der Waals surface area contributed by atoms with Crippen LogP contribution in [0.25, 0.3) is 0 Å². The Hall–Kier alpha value is 1.44. The third-order valence-electron chi connectivity index (χ3n) is 1.90. The molecule has 0 aromatic heterocycles. The molecule has 0 radical (unpaired) electrons. The van der Waals surface area contributed by atoms with Crippen molar-refractivity contribution in [2.24, 2.45) is 0 Å². The number of rotatable bonds is 0. The molecule has 0 amide bonds. The third-order valence-corrected chi connectivity index (χ3v) is 6.65. The summed E-state index contributed by atoms with van der Waals surface area (Å²) in [6.07, 6.45) is 5.33. The van der Waals surface area contributed by atoms with Gasteiger partial charge in [0.2, 0.25) is 0 Å². The van der Waals surface area contributed by atoms with E-state index in [9.17, 15) is 0 Å². The van der Waals surface area contributed by atoms with E-state index in [1.165, 1.54) is 25.7 Å². The van der Waals surface area contributed by atoms with Gasteiger partial charge in [0.1, 0.15) is 0 Å². The molecule has 0 N–H and O–H groups in total. The van der Waals surface area contributed by atoms with Crippen LogP contribution in [0.1, 0.15) is 25.7 Å². The molecule has 3 heteroatoms. The minimum Gasteiger partial charge on any atom is -0.0878 e. The lowest BCUT2D eigenvalue weighted by Crippen LogP contribution is -2.21. The van der Waals surface area contributed by atoms with E-state index < -0.39 is 0 Å². The molecule has 60 valence electrons. The topological polar surface area (TPSA) is 0 Å². The summed E-state index contributed by atoms with van der Waals surface area (Å²) in [5, 5.41) is 0. The van der Waals surface area contributed by atoms with Gasteiger partial charge in [-0.15, -0.1) is 0 Å². The van der Waals surface area contributed by atoms with Crippen LogP contribution in [0, 0.1) is 0 Å². The first-order valence-electron chi connectivity index (χ1n) is 3.64. The smallest absolute Gasteiger partial charge is 0.0396 e. The second-order valence-electron chi connectivity index (χ2n) is 2.76. The summed E-state index contributed by atoms with van der Waals surface area (Å²) >= 11 is 11.0.